The van der Waals surface area contributed by atoms with E-state index >= 15 is 0 Å². The Morgan fingerprint density at radius 2 is 2.05 bits per heavy atom. The van der Waals surface area contributed by atoms with E-state index in [4.69, 9.17) is 0 Å². The molecule has 0 saturated heterocycles. The molecule has 0 spiro atoms. The Labute approximate surface area is 122 Å². The van der Waals surface area contributed by atoms with E-state index in [9.17, 15) is 9.90 Å². The number of carbonyl (C=O) groups is 1. The summed E-state index contributed by atoms with van der Waals surface area (Å²) in [6, 6.07) is 7.75. The Kier molecular flexibility index (Phi) is 4.52. The first-order valence-electron chi connectivity index (χ1n) is 6.42. The van der Waals surface area contributed by atoms with Gasteiger partial charge in [-0.15, -0.1) is 11.3 Å². The lowest BCUT2D eigenvalue weighted by Gasteiger charge is -2.06. The van der Waals surface area contributed by atoms with Gasteiger partial charge in [0.2, 0.25) is 0 Å². The van der Waals surface area contributed by atoms with E-state index in [-0.39, 0.29) is 0 Å². The summed E-state index contributed by atoms with van der Waals surface area (Å²) in [6.07, 6.45) is 0.768. The molecule has 0 aliphatic carbocycles. The number of aryl methyl sites for hydroxylation is 1. The first-order chi connectivity index (χ1) is 9.49. The van der Waals surface area contributed by atoms with E-state index in [2.05, 4.69) is 9.88 Å². The Hall–Kier alpha value is -1.72. The fourth-order valence-electron chi connectivity index (χ4n) is 1.96. The molecule has 5 heteroatoms. The highest BCUT2D eigenvalue weighted by atomic mass is 32.1. The zero-order chi connectivity index (χ0) is 14.7. The van der Waals surface area contributed by atoms with E-state index in [0.29, 0.717) is 10.6 Å². The van der Waals surface area contributed by atoms with Crippen LogP contribution >= 0.6 is 11.3 Å². The van der Waals surface area contributed by atoms with Crippen molar-refractivity contribution in [3.63, 3.8) is 0 Å². The number of aromatic nitrogens is 1. The lowest BCUT2D eigenvalue weighted by molar-refractivity contribution is 0.0702. The standard InChI is InChI=1S/C15H18N2O2S/c1-10-6-4-5-7-11(10)13-14(15(18)19)20-12(16-13)8-9-17(2)3/h4-7H,8-9H2,1-3H3,(H,18,19). The number of thiazole rings is 1. The van der Waals surface area contributed by atoms with Gasteiger partial charge in [0.25, 0.3) is 0 Å². The van der Waals surface area contributed by atoms with Crippen molar-refractivity contribution < 1.29 is 9.90 Å². The van der Waals surface area contributed by atoms with Gasteiger partial charge in [-0.2, -0.15) is 0 Å². The fraction of sp³-hybridized carbons (Fsp3) is 0.333. The molecule has 1 aromatic heterocycles. The molecular formula is C15H18N2O2S. The second-order valence-electron chi connectivity index (χ2n) is 4.96. The molecule has 1 N–H and O–H groups in total. The van der Waals surface area contributed by atoms with Crippen LogP contribution in [0.4, 0.5) is 0 Å². The molecule has 1 heterocycles. The van der Waals surface area contributed by atoms with Crippen molar-refractivity contribution in [2.75, 3.05) is 20.6 Å². The van der Waals surface area contributed by atoms with Crippen molar-refractivity contribution in [1.29, 1.82) is 0 Å². The van der Waals surface area contributed by atoms with E-state index in [1.165, 1.54) is 11.3 Å². The first-order valence-corrected chi connectivity index (χ1v) is 7.24. The monoisotopic (exact) mass is 290 g/mol. The van der Waals surface area contributed by atoms with Crippen molar-refractivity contribution in [3.8, 4) is 11.3 Å². The van der Waals surface area contributed by atoms with Gasteiger partial charge in [-0.3, -0.25) is 0 Å². The molecular weight excluding hydrogens is 272 g/mol. The van der Waals surface area contributed by atoms with E-state index < -0.39 is 5.97 Å². The van der Waals surface area contributed by atoms with Crippen LogP contribution in [0.5, 0.6) is 0 Å². The molecule has 2 aromatic rings. The fourth-order valence-corrected chi connectivity index (χ4v) is 2.86. The zero-order valence-corrected chi connectivity index (χ0v) is 12.7. The topological polar surface area (TPSA) is 53.4 Å². The van der Waals surface area contributed by atoms with Gasteiger partial charge in [-0.25, -0.2) is 9.78 Å². The van der Waals surface area contributed by atoms with Gasteiger partial charge >= 0.3 is 5.97 Å². The SMILES string of the molecule is Cc1ccccc1-c1nc(CCN(C)C)sc1C(=O)O. The number of nitrogens with zero attached hydrogens (tertiary/aromatic N) is 2. The summed E-state index contributed by atoms with van der Waals surface area (Å²) in [5, 5.41) is 10.2. The van der Waals surface area contributed by atoms with Crippen LogP contribution in [0.2, 0.25) is 0 Å². The maximum Gasteiger partial charge on any atom is 0.348 e. The van der Waals surface area contributed by atoms with Crippen molar-refractivity contribution in [1.82, 2.24) is 9.88 Å². The molecule has 0 amide bonds. The number of hydrogen-bond acceptors (Lipinski definition) is 4. The Morgan fingerprint density at radius 1 is 1.35 bits per heavy atom. The predicted octanol–water partition coefficient (Wildman–Crippen LogP) is 2.92. The molecule has 0 aliphatic rings. The van der Waals surface area contributed by atoms with Gasteiger partial charge in [-0.1, -0.05) is 24.3 Å². The summed E-state index contributed by atoms with van der Waals surface area (Å²) < 4.78 is 0. The normalized spacial score (nSPS) is 11.0. The first kappa shape index (κ1) is 14.7. The lowest BCUT2D eigenvalue weighted by Crippen LogP contribution is -2.14. The predicted molar refractivity (Wildman–Crippen MR) is 81.5 cm³/mol. The second-order valence-corrected chi connectivity index (χ2v) is 6.04. The lowest BCUT2D eigenvalue weighted by atomic mass is 10.1. The minimum atomic E-state index is -0.906. The third kappa shape index (κ3) is 3.23. The van der Waals surface area contributed by atoms with Crippen LogP contribution < -0.4 is 0 Å². The third-order valence-corrected chi connectivity index (χ3v) is 4.14. The van der Waals surface area contributed by atoms with Crippen LogP contribution in [-0.4, -0.2) is 41.6 Å². The number of carboxylic acids is 1. The van der Waals surface area contributed by atoms with Crippen LogP contribution in [0, 0.1) is 6.92 Å². The Balaban J connectivity index is 2.41. The molecule has 0 radical (unpaired) electrons. The summed E-state index contributed by atoms with van der Waals surface area (Å²) in [4.78, 5) is 18.4. The van der Waals surface area contributed by atoms with Gasteiger partial charge in [0.05, 0.1) is 10.7 Å². The number of benzene rings is 1. The molecule has 0 aliphatic heterocycles. The second kappa shape index (κ2) is 6.15. The summed E-state index contributed by atoms with van der Waals surface area (Å²) in [5.74, 6) is -0.906. The zero-order valence-electron chi connectivity index (χ0n) is 11.9. The van der Waals surface area contributed by atoms with Gasteiger partial charge in [0.1, 0.15) is 4.88 Å². The number of likely N-dealkylation sites (N-methyl/N-ethyl adjacent to an activating group) is 1. The molecule has 106 valence electrons. The number of carboxylic acid groups (broad SMARTS) is 1. The number of rotatable bonds is 5. The number of aromatic carboxylic acids is 1. The molecule has 0 saturated carbocycles. The van der Waals surface area contributed by atoms with Crippen molar-refractivity contribution in [2.24, 2.45) is 0 Å². The van der Waals surface area contributed by atoms with Gasteiger partial charge in [0, 0.05) is 18.5 Å². The van der Waals surface area contributed by atoms with Crippen LogP contribution in [0.1, 0.15) is 20.2 Å². The molecule has 4 nitrogen and oxygen atoms in total. The Morgan fingerprint density at radius 3 is 2.65 bits per heavy atom. The van der Waals surface area contributed by atoms with E-state index in [1.807, 2.05) is 45.3 Å². The average molecular weight is 290 g/mol. The maximum absolute atomic E-state index is 11.4. The highest BCUT2D eigenvalue weighted by molar-refractivity contribution is 7.14. The van der Waals surface area contributed by atoms with Gasteiger partial charge in [0.15, 0.2) is 0 Å². The molecule has 1 aromatic carbocycles. The summed E-state index contributed by atoms with van der Waals surface area (Å²) in [5.41, 5.74) is 2.53. The molecule has 0 fully saturated rings. The van der Waals surface area contributed by atoms with Crippen molar-refractivity contribution in [2.45, 2.75) is 13.3 Å². The minimum Gasteiger partial charge on any atom is -0.477 e. The quantitative estimate of drug-likeness (QED) is 0.920. The van der Waals surface area contributed by atoms with Crippen molar-refractivity contribution >= 4 is 17.3 Å². The summed E-state index contributed by atoms with van der Waals surface area (Å²) >= 11 is 1.28. The molecule has 2 rings (SSSR count). The highest BCUT2D eigenvalue weighted by Gasteiger charge is 2.19. The molecule has 20 heavy (non-hydrogen) atoms. The summed E-state index contributed by atoms with van der Waals surface area (Å²) in [7, 11) is 3.99. The van der Waals surface area contributed by atoms with Gasteiger partial charge in [-0.05, 0) is 26.6 Å². The summed E-state index contributed by atoms with van der Waals surface area (Å²) in [6.45, 7) is 2.83. The molecule has 0 unspecified atom stereocenters. The van der Waals surface area contributed by atoms with Crippen LogP contribution in [-0.2, 0) is 6.42 Å². The number of hydrogen-bond donors (Lipinski definition) is 1. The maximum atomic E-state index is 11.4. The molecule has 0 atom stereocenters. The third-order valence-electron chi connectivity index (χ3n) is 3.04. The van der Waals surface area contributed by atoms with Crippen LogP contribution in [0.25, 0.3) is 11.3 Å². The van der Waals surface area contributed by atoms with Gasteiger partial charge < -0.3 is 10.0 Å². The van der Waals surface area contributed by atoms with Crippen molar-refractivity contribution in [3.05, 3.63) is 39.7 Å². The molecule has 0 bridgehead atoms. The van der Waals surface area contributed by atoms with E-state index in [1.54, 1.807) is 0 Å². The minimum absolute atomic E-state index is 0.327. The highest BCUT2D eigenvalue weighted by Crippen LogP contribution is 2.30. The van der Waals surface area contributed by atoms with E-state index in [0.717, 1.165) is 29.1 Å². The largest absolute Gasteiger partial charge is 0.477 e. The Bertz CT molecular complexity index is 620. The van der Waals surface area contributed by atoms with Crippen LogP contribution in [0.3, 0.4) is 0 Å². The van der Waals surface area contributed by atoms with Crippen LogP contribution in [0.15, 0.2) is 24.3 Å². The average Bonchev–Trinajstić information content (AvgIpc) is 2.81. The smallest absolute Gasteiger partial charge is 0.348 e.